The topological polar surface area (TPSA) is 50.5 Å². The second-order valence-electron chi connectivity index (χ2n) is 5.94. The van der Waals surface area contributed by atoms with Crippen molar-refractivity contribution in [3.63, 3.8) is 0 Å². The second kappa shape index (κ2) is 6.46. The number of benzene rings is 1. The van der Waals surface area contributed by atoms with Gasteiger partial charge in [0.1, 0.15) is 5.75 Å². The van der Waals surface area contributed by atoms with Crippen LogP contribution in [0.1, 0.15) is 26.7 Å². The van der Waals surface area contributed by atoms with Gasteiger partial charge in [-0.1, -0.05) is 12.1 Å². The van der Waals surface area contributed by atoms with Gasteiger partial charge in [0.15, 0.2) is 0 Å². The summed E-state index contributed by atoms with van der Waals surface area (Å²) in [6.07, 6.45) is 2.14. The molecule has 1 aliphatic heterocycles. The molecule has 1 aromatic carbocycles. The lowest BCUT2D eigenvalue weighted by atomic mass is 9.86. The highest BCUT2D eigenvalue weighted by Gasteiger charge is 2.34. The van der Waals surface area contributed by atoms with Crippen molar-refractivity contribution in [2.75, 3.05) is 32.1 Å². The average Bonchev–Trinajstić information content (AvgIpc) is 2.48. The standard InChI is InChI=1S/C16H27N3O/c1-13(2)19-10-8-16(12-17,9-11-19)18-14-6-4-5-7-15(14)20-3/h4-7,13,18H,8-12,17H2,1-3H3. The van der Waals surface area contributed by atoms with Gasteiger partial charge in [-0.2, -0.15) is 0 Å². The zero-order valence-corrected chi connectivity index (χ0v) is 12.9. The minimum absolute atomic E-state index is 0.0139. The van der Waals surface area contributed by atoms with E-state index in [2.05, 4.69) is 30.1 Å². The van der Waals surface area contributed by atoms with Crippen molar-refractivity contribution in [3.8, 4) is 5.75 Å². The first kappa shape index (κ1) is 15.1. The molecule has 0 spiro atoms. The minimum atomic E-state index is -0.0139. The van der Waals surface area contributed by atoms with E-state index in [1.54, 1.807) is 7.11 Å². The van der Waals surface area contributed by atoms with E-state index in [4.69, 9.17) is 10.5 Å². The monoisotopic (exact) mass is 277 g/mol. The summed E-state index contributed by atoms with van der Waals surface area (Å²) in [5, 5.41) is 3.65. The van der Waals surface area contributed by atoms with Crippen LogP contribution in [0.4, 0.5) is 5.69 Å². The molecule has 0 atom stereocenters. The Balaban J connectivity index is 2.09. The summed E-state index contributed by atoms with van der Waals surface area (Å²) in [6.45, 7) is 7.34. The van der Waals surface area contributed by atoms with Gasteiger partial charge >= 0.3 is 0 Å². The number of anilines is 1. The van der Waals surface area contributed by atoms with Crippen LogP contribution in [-0.4, -0.2) is 43.2 Å². The van der Waals surface area contributed by atoms with E-state index in [-0.39, 0.29) is 5.54 Å². The molecule has 0 unspecified atom stereocenters. The number of nitrogens with two attached hydrogens (primary N) is 1. The van der Waals surface area contributed by atoms with Crippen molar-refractivity contribution >= 4 is 5.69 Å². The van der Waals surface area contributed by atoms with Crippen LogP contribution >= 0.6 is 0 Å². The van der Waals surface area contributed by atoms with Crippen LogP contribution in [0.3, 0.4) is 0 Å². The van der Waals surface area contributed by atoms with E-state index in [1.807, 2.05) is 18.2 Å². The van der Waals surface area contributed by atoms with Gasteiger partial charge in [0, 0.05) is 25.7 Å². The zero-order chi connectivity index (χ0) is 14.6. The summed E-state index contributed by atoms with van der Waals surface area (Å²) in [5.74, 6) is 0.881. The first-order valence-corrected chi connectivity index (χ1v) is 7.45. The highest BCUT2D eigenvalue weighted by atomic mass is 16.5. The largest absolute Gasteiger partial charge is 0.495 e. The van der Waals surface area contributed by atoms with E-state index in [1.165, 1.54) is 0 Å². The number of likely N-dealkylation sites (tertiary alicyclic amines) is 1. The molecule has 0 aliphatic carbocycles. The van der Waals surface area contributed by atoms with Gasteiger partial charge in [-0.25, -0.2) is 0 Å². The van der Waals surface area contributed by atoms with Crippen molar-refractivity contribution in [2.45, 2.75) is 38.3 Å². The number of ether oxygens (including phenoxy) is 1. The molecule has 3 N–H and O–H groups in total. The van der Waals surface area contributed by atoms with Gasteiger partial charge in [0.2, 0.25) is 0 Å². The Morgan fingerprint density at radius 1 is 1.30 bits per heavy atom. The molecule has 1 fully saturated rings. The molecule has 112 valence electrons. The summed E-state index contributed by atoms with van der Waals surface area (Å²) in [4.78, 5) is 2.51. The number of nitrogens with one attached hydrogen (secondary N) is 1. The van der Waals surface area contributed by atoms with E-state index in [0.29, 0.717) is 12.6 Å². The van der Waals surface area contributed by atoms with Gasteiger partial charge in [-0.3, -0.25) is 0 Å². The molecule has 4 nitrogen and oxygen atoms in total. The Bertz CT molecular complexity index is 425. The third-order valence-corrected chi connectivity index (χ3v) is 4.38. The maximum absolute atomic E-state index is 6.08. The first-order valence-electron chi connectivity index (χ1n) is 7.45. The number of hydrogen-bond donors (Lipinski definition) is 2. The molecule has 1 heterocycles. The fraction of sp³-hybridized carbons (Fsp3) is 0.625. The molecule has 0 bridgehead atoms. The van der Waals surface area contributed by atoms with Gasteiger partial charge in [-0.15, -0.1) is 0 Å². The summed E-state index contributed by atoms with van der Waals surface area (Å²) < 4.78 is 5.42. The van der Waals surface area contributed by atoms with Crippen LogP contribution in [0.25, 0.3) is 0 Å². The van der Waals surface area contributed by atoms with Crippen molar-refractivity contribution < 1.29 is 4.74 Å². The number of hydrogen-bond acceptors (Lipinski definition) is 4. The Labute approximate surface area is 122 Å². The Kier molecular flexibility index (Phi) is 4.89. The maximum Gasteiger partial charge on any atom is 0.141 e. The molecule has 1 saturated heterocycles. The van der Waals surface area contributed by atoms with Crippen LogP contribution in [-0.2, 0) is 0 Å². The Morgan fingerprint density at radius 3 is 2.50 bits per heavy atom. The third-order valence-electron chi connectivity index (χ3n) is 4.38. The number of rotatable bonds is 5. The molecular weight excluding hydrogens is 250 g/mol. The Hall–Kier alpha value is -1.26. The van der Waals surface area contributed by atoms with Crippen molar-refractivity contribution in [2.24, 2.45) is 5.73 Å². The van der Waals surface area contributed by atoms with E-state index in [9.17, 15) is 0 Å². The van der Waals surface area contributed by atoms with Crippen LogP contribution in [0, 0.1) is 0 Å². The highest BCUT2D eigenvalue weighted by molar-refractivity contribution is 5.57. The van der Waals surface area contributed by atoms with Crippen molar-refractivity contribution in [3.05, 3.63) is 24.3 Å². The normalized spacial score (nSPS) is 19.1. The fourth-order valence-electron chi connectivity index (χ4n) is 2.88. The van der Waals surface area contributed by atoms with Gasteiger partial charge < -0.3 is 20.7 Å². The maximum atomic E-state index is 6.08. The lowest BCUT2D eigenvalue weighted by molar-refractivity contribution is 0.143. The van der Waals surface area contributed by atoms with E-state index < -0.39 is 0 Å². The molecular formula is C16H27N3O. The van der Waals surface area contributed by atoms with E-state index in [0.717, 1.165) is 37.4 Å². The Morgan fingerprint density at radius 2 is 1.95 bits per heavy atom. The first-order chi connectivity index (χ1) is 9.60. The van der Waals surface area contributed by atoms with Gasteiger partial charge in [0.25, 0.3) is 0 Å². The highest BCUT2D eigenvalue weighted by Crippen LogP contribution is 2.31. The molecule has 20 heavy (non-hydrogen) atoms. The molecule has 0 amide bonds. The molecule has 2 rings (SSSR count). The van der Waals surface area contributed by atoms with Crippen LogP contribution < -0.4 is 15.8 Å². The van der Waals surface area contributed by atoms with Crippen LogP contribution in [0.2, 0.25) is 0 Å². The molecule has 0 saturated carbocycles. The number of para-hydroxylation sites is 2. The number of piperidine rings is 1. The smallest absolute Gasteiger partial charge is 0.141 e. The second-order valence-corrected chi connectivity index (χ2v) is 5.94. The molecule has 0 aromatic heterocycles. The van der Waals surface area contributed by atoms with Crippen LogP contribution in [0.5, 0.6) is 5.75 Å². The predicted molar refractivity (Wildman–Crippen MR) is 84.3 cm³/mol. The average molecular weight is 277 g/mol. The molecule has 1 aliphatic rings. The minimum Gasteiger partial charge on any atom is -0.495 e. The van der Waals surface area contributed by atoms with Crippen molar-refractivity contribution in [1.29, 1.82) is 0 Å². The third kappa shape index (κ3) is 3.25. The predicted octanol–water partition coefficient (Wildman–Crippen LogP) is 2.31. The lowest BCUT2D eigenvalue weighted by Gasteiger charge is -2.43. The van der Waals surface area contributed by atoms with Crippen LogP contribution in [0.15, 0.2) is 24.3 Å². The quantitative estimate of drug-likeness (QED) is 0.867. The fourth-order valence-corrected chi connectivity index (χ4v) is 2.88. The molecule has 0 radical (unpaired) electrons. The summed E-state index contributed by atoms with van der Waals surface area (Å²) in [6, 6.07) is 8.66. The summed E-state index contributed by atoms with van der Waals surface area (Å²) in [5.41, 5.74) is 7.10. The van der Waals surface area contributed by atoms with Crippen molar-refractivity contribution in [1.82, 2.24) is 4.90 Å². The summed E-state index contributed by atoms with van der Waals surface area (Å²) >= 11 is 0. The van der Waals surface area contributed by atoms with Gasteiger partial charge in [-0.05, 0) is 38.8 Å². The number of nitrogens with zero attached hydrogens (tertiary/aromatic N) is 1. The summed E-state index contributed by atoms with van der Waals surface area (Å²) in [7, 11) is 1.71. The molecule has 4 heteroatoms. The SMILES string of the molecule is COc1ccccc1NC1(CN)CCN(C(C)C)CC1. The number of methoxy groups -OCH3 is 1. The molecule has 1 aromatic rings. The van der Waals surface area contributed by atoms with Gasteiger partial charge in [0.05, 0.1) is 18.3 Å². The van der Waals surface area contributed by atoms with E-state index >= 15 is 0 Å². The zero-order valence-electron chi connectivity index (χ0n) is 12.9. The lowest BCUT2D eigenvalue weighted by Crippen LogP contribution is -2.54.